The van der Waals surface area contributed by atoms with Crippen molar-refractivity contribution >= 4 is 17.0 Å². The average molecular weight is 244 g/mol. The highest BCUT2D eigenvalue weighted by Gasteiger charge is 2.16. The van der Waals surface area contributed by atoms with Crippen LogP contribution in [-0.4, -0.2) is 11.4 Å². The molecule has 2 N–H and O–H groups in total. The molecule has 0 atom stereocenters. The van der Waals surface area contributed by atoms with Crippen LogP contribution in [0.15, 0.2) is 35.7 Å². The zero-order valence-corrected chi connectivity index (χ0v) is 10.5. The molecule has 2 heterocycles. The summed E-state index contributed by atoms with van der Waals surface area (Å²) in [4.78, 5) is 4.07. The number of fused-ring (bicyclic) bond motifs is 1. The van der Waals surface area contributed by atoms with E-state index < -0.39 is 0 Å². The van der Waals surface area contributed by atoms with Crippen molar-refractivity contribution in [3.8, 4) is 0 Å². The predicted octanol–water partition coefficient (Wildman–Crippen LogP) is 2.89. The standard InChI is InChI=1S/C14H16N2S/c15-13-3-1-11(2-4-13)9-16-7-5-14-12(10-16)6-8-17-14/h1-4,6,8H,5,7,9-10,15H2. The first-order valence-corrected chi connectivity index (χ1v) is 6.81. The molecule has 0 fully saturated rings. The first-order valence-electron chi connectivity index (χ1n) is 5.93. The van der Waals surface area contributed by atoms with Gasteiger partial charge in [0.15, 0.2) is 0 Å². The molecule has 3 heteroatoms. The maximum absolute atomic E-state index is 5.70. The van der Waals surface area contributed by atoms with Gasteiger partial charge >= 0.3 is 0 Å². The number of hydrogen-bond donors (Lipinski definition) is 1. The summed E-state index contributed by atoms with van der Waals surface area (Å²) < 4.78 is 0. The van der Waals surface area contributed by atoms with E-state index >= 15 is 0 Å². The molecular weight excluding hydrogens is 228 g/mol. The third kappa shape index (κ3) is 2.35. The molecule has 0 saturated heterocycles. The summed E-state index contributed by atoms with van der Waals surface area (Å²) in [5, 5.41) is 2.21. The lowest BCUT2D eigenvalue weighted by atomic mass is 10.1. The summed E-state index contributed by atoms with van der Waals surface area (Å²) >= 11 is 1.89. The van der Waals surface area contributed by atoms with E-state index in [1.54, 1.807) is 4.88 Å². The van der Waals surface area contributed by atoms with E-state index in [0.717, 1.165) is 25.3 Å². The minimum absolute atomic E-state index is 0.840. The lowest BCUT2D eigenvalue weighted by Gasteiger charge is -2.26. The number of anilines is 1. The van der Waals surface area contributed by atoms with Crippen LogP contribution in [-0.2, 0) is 19.5 Å². The number of benzene rings is 1. The van der Waals surface area contributed by atoms with E-state index in [1.807, 2.05) is 23.5 Å². The Kier molecular flexibility index (Phi) is 2.87. The maximum Gasteiger partial charge on any atom is 0.0314 e. The van der Waals surface area contributed by atoms with Crippen LogP contribution in [0.3, 0.4) is 0 Å². The molecular formula is C14H16N2S. The summed E-state index contributed by atoms with van der Waals surface area (Å²) in [5.41, 5.74) is 9.39. The van der Waals surface area contributed by atoms with Crippen molar-refractivity contribution in [2.75, 3.05) is 12.3 Å². The molecule has 17 heavy (non-hydrogen) atoms. The molecule has 0 spiro atoms. The van der Waals surface area contributed by atoms with Crippen molar-refractivity contribution in [1.82, 2.24) is 4.90 Å². The molecule has 0 amide bonds. The first-order chi connectivity index (χ1) is 8.31. The number of nitrogens with zero attached hydrogens (tertiary/aromatic N) is 1. The highest BCUT2D eigenvalue weighted by molar-refractivity contribution is 7.10. The number of nitrogens with two attached hydrogens (primary N) is 1. The van der Waals surface area contributed by atoms with Crippen LogP contribution in [0.25, 0.3) is 0 Å². The lowest BCUT2D eigenvalue weighted by Crippen LogP contribution is -2.29. The third-order valence-electron chi connectivity index (χ3n) is 3.27. The van der Waals surface area contributed by atoms with Crippen molar-refractivity contribution in [3.05, 3.63) is 51.7 Å². The van der Waals surface area contributed by atoms with Crippen LogP contribution >= 0.6 is 11.3 Å². The van der Waals surface area contributed by atoms with Gasteiger partial charge in [0.25, 0.3) is 0 Å². The summed E-state index contributed by atoms with van der Waals surface area (Å²) in [6.45, 7) is 3.27. The molecule has 0 saturated carbocycles. The molecule has 2 aromatic rings. The van der Waals surface area contributed by atoms with Crippen LogP contribution < -0.4 is 5.73 Å². The molecule has 1 aliphatic heterocycles. The zero-order chi connectivity index (χ0) is 11.7. The van der Waals surface area contributed by atoms with E-state index in [2.05, 4.69) is 28.5 Å². The quantitative estimate of drug-likeness (QED) is 0.823. The van der Waals surface area contributed by atoms with Gasteiger partial charge in [-0.25, -0.2) is 0 Å². The van der Waals surface area contributed by atoms with Crippen LogP contribution in [0.4, 0.5) is 5.69 Å². The molecule has 1 aliphatic rings. The molecule has 2 nitrogen and oxygen atoms in total. The lowest BCUT2D eigenvalue weighted by molar-refractivity contribution is 0.247. The topological polar surface area (TPSA) is 29.3 Å². The Labute approximate surface area is 106 Å². The van der Waals surface area contributed by atoms with E-state index in [1.165, 1.54) is 17.5 Å². The zero-order valence-electron chi connectivity index (χ0n) is 9.73. The second-order valence-corrected chi connectivity index (χ2v) is 5.57. The first kappa shape index (κ1) is 10.8. The molecule has 0 aliphatic carbocycles. The van der Waals surface area contributed by atoms with E-state index in [4.69, 9.17) is 5.73 Å². The van der Waals surface area contributed by atoms with Gasteiger partial charge in [-0.1, -0.05) is 12.1 Å². The molecule has 1 aromatic heterocycles. The maximum atomic E-state index is 5.70. The predicted molar refractivity (Wildman–Crippen MR) is 73.0 cm³/mol. The Morgan fingerprint density at radius 3 is 2.82 bits per heavy atom. The third-order valence-corrected chi connectivity index (χ3v) is 4.30. The largest absolute Gasteiger partial charge is 0.399 e. The van der Waals surface area contributed by atoms with Crippen molar-refractivity contribution in [2.24, 2.45) is 0 Å². The second kappa shape index (κ2) is 4.51. The number of thiophene rings is 1. The number of rotatable bonds is 2. The van der Waals surface area contributed by atoms with E-state index in [9.17, 15) is 0 Å². The fraction of sp³-hybridized carbons (Fsp3) is 0.286. The Balaban J connectivity index is 1.69. The molecule has 0 unspecified atom stereocenters. The molecule has 3 rings (SSSR count). The van der Waals surface area contributed by atoms with Crippen molar-refractivity contribution < 1.29 is 0 Å². The van der Waals surface area contributed by atoms with Gasteiger partial charge in [0.05, 0.1) is 0 Å². The fourth-order valence-corrected chi connectivity index (χ4v) is 3.21. The Hall–Kier alpha value is -1.32. The van der Waals surface area contributed by atoms with Crippen molar-refractivity contribution in [1.29, 1.82) is 0 Å². The van der Waals surface area contributed by atoms with Crippen LogP contribution in [0.2, 0.25) is 0 Å². The number of hydrogen-bond acceptors (Lipinski definition) is 3. The monoisotopic (exact) mass is 244 g/mol. The van der Waals surface area contributed by atoms with E-state index in [0.29, 0.717) is 0 Å². The second-order valence-electron chi connectivity index (χ2n) is 4.57. The normalized spacial score (nSPS) is 15.8. The number of nitrogen functional groups attached to an aromatic ring is 1. The van der Waals surface area contributed by atoms with Crippen LogP contribution in [0.5, 0.6) is 0 Å². The van der Waals surface area contributed by atoms with Gasteiger partial charge in [-0.05, 0) is 41.1 Å². The SMILES string of the molecule is Nc1ccc(CN2CCc3sccc3C2)cc1. The van der Waals surface area contributed by atoms with Crippen LogP contribution in [0.1, 0.15) is 16.0 Å². The molecule has 1 aromatic carbocycles. The summed E-state index contributed by atoms with van der Waals surface area (Å²) in [6, 6.07) is 10.5. The highest BCUT2D eigenvalue weighted by atomic mass is 32.1. The summed E-state index contributed by atoms with van der Waals surface area (Å²) in [5.74, 6) is 0. The van der Waals surface area contributed by atoms with Gasteiger partial charge in [-0.3, -0.25) is 4.90 Å². The smallest absolute Gasteiger partial charge is 0.0314 e. The van der Waals surface area contributed by atoms with Crippen molar-refractivity contribution in [2.45, 2.75) is 19.5 Å². The average Bonchev–Trinajstić information content (AvgIpc) is 2.79. The fourth-order valence-electron chi connectivity index (χ4n) is 2.32. The molecule has 0 bridgehead atoms. The summed E-state index contributed by atoms with van der Waals surface area (Å²) in [6.07, 6.45) is 1.20. The van der Waals surface area contributed by atoms with E-state index in [-0.39, 0.29) is 0 Å². The Bertz CT molecular complexity index is 501. The van der Waals surface area contributed by atoms with Gasteiger partial charge in [0.1, 0.15) is 0 Å². The minimum atomic E-state index is 0.840. The van der Waals surface area contributed by atoms with Gasteiger partial charge < -0.3 is 5.73 Å². The van der Waals surface area contributed by atoms with Crippen molar-refractivity contribution in [3.63, 3.8) is 0 Å². The highest BCUT2D eigenvalue weighted by Crippen LogP contribution is 2.25. The van der Waals surface area contributed by atoms with Gasteiger partial charge in [0, 0.05) is 30.2 Å². The molecule has 88 valence electrons. The Morgan fingerprint density at radius 2 is 2.00 bits per heavy atom. The Morgan fingerprint density at radius 1 is 1.18 bits per heavy atom. The van der Waals surface area contributed by atoms with Gasteiger partial charge in [-0.15, -0.1) is 11.3 Å². The summed E-state index contributed by atoms with van der Waals surface area (Å²) in [7, 11) is 0. The van der Waals surface area contributed by atoms with Crippen LogP contribution in [0, 0.1) is 0 Å². The minimum Gasteiger partial charge on any atom is -0.399 e. The van der Waals surface area contributed by atoms with Gasteiger partial charge in [-0.2, -0.15) is 0 Å². The molecule has 0 radical (unpaired) electrons. The van der Waals surface area contributed by atoms with Gasteiger partial charge in [0.2, 0.25) is 0 Å².